The molecular formula is C9H21N2O2P. The Kier molecular flexibility index (Phi) is 3.75. The van der Waals surface area contributed by atoms with Crippen LogP contribution in [0.5, 0.6) is 0 Å². The Labute approximate surface area is 86.7 Å². The Morgan fingerprint density at radius 2 is 1.57 bits per heavy atom. The van der Waals surface area contributed by atoms with Crippen molar-refractivity contribution in [3.05, 3.63) is 0 Å². The average molecular weight is 220 g/mol. The second-order valence-electron chi connectivity index (χ2n) is 3.77. The third kappa shape index (κ3) is 1.89. The fourth-order valence-corrected chi connectivity index (χ4v) is 4.59. The molecule has 1 rings (SSSR count). The van der Waals surface area contributed by atoms with Crippen LogP contribution in [0.4, 0.5) is 0 Å². The topological polar surface area (TPSA) is 36.1 Å². The maximum atomic E-state index is 12.8. The molecule has 0 amide bonds. The van der Waals surface area contributed by atoms with E-state index in [1.807, 2.05) is 44.2 Å². The molecule has 1 heterocycles. The van der Waals surface area contributed by atoms with Gasteiger partial charge in [0, 0.05) is 13.1 Å². The summed E-state index contributed by atoms with van der Waals surface area (Å²) < 4.78 is 22.0. The van der Waals surface area contributed by atoms with Crippen LogP contribution in [0.3, 0.4) is 0 Å². The number of hydrogen-bond acceptors (Lipinski definition) is 2. The molecule has 5 heteroatoms. The molecular weight excluding hydrogens is 199 g/mol. The lowest BCUT2D eigenvalue weighted by Gasteiger charge is -2.33. The largest absolute Gasteiger partial charge is 0.359 e. The van der Waals surface area contributed by atoms with Crippen LogP contribution in [0.1, 0.15) is 20.8 Å². The first-order chi connectivity index (χ1) is 6.48. The van der Waals surface area contributed by atoms with Crippen LogP contribution < -0.4 is 0 Å². The fraction of sp³-hybridized carbons (Fsp3) is 1.00. The summed E-state index contributed by atoms with van der Waals surface area (Å²) in [5.74, 6) is -0.0857. The first kappa shape index (κ1) is 12.2. The van der Waals surface area contributed by atoms with Gasteiger partial charge in [-0.3, -0.25) is 4.57 Å². The van der Waals surface area contributed by atoms with Gasteiger partial charge in [0.1, 0.15) is 0 Å². The molecule has 1 aliphatic heterocycles. The van der Waals surface area contributed by atoms with Crippen molar-refractivity contribution in [2.45, 2.75) is 32.7 Å². The normalized spacial score (nSPS) is 27.4. The molecule has 1 aliphatic rings. The van der Waals surface area contributed by atoms with Gasteiger partial charge in [-0.1, -0.05) is 13.8 Å². The second kappa shape index (κ2) is 4.31. The van der Waals surface area contributed by atoms with Gasteiger partial charge in [-0.15, -0.1) is 0 Å². The molecule has 0 spiro atoms. The minimum absolute atomic E-state index is 0.0857. The van der Waals surface area contributed by atoms with Crippen molar-refractivity contribution in [2.24, 2.45) is 0 Å². The quantitative estimate of drug-likeness (QED) is 0.523. The molecule has 1 saturated heterocycles. The van der Waals surface area contributed by atoms with E-state index in [2.05, 4.69) is 0 Å². The van der Waals surface area contributed by atoms with E-state index in [1.165, 1.54) is 0 Å². The van der Waals surface area contributed by atoms with Crippen LogP contribution in [-0.2, 0) is 9.30 Å². The highest BCUT2D eigenvalue weighted by molar-refractivity contribution is 7.60. The predicted molar refractivity (Wildman–Crippen MR) is 58.5 cm³/mol. The highest BCUT2D eigenvalue weighted by Gasteiger charge is 2.53. The molecule has 0 N–H and O–H groups in total. The molecule has 0 radical (unpaired) electrons. The predicted octanol–water partition coefficient (Wildman–Crippen LogP) is 1.83. The average Bonchev–Trinajstić information content (AvgIpc) is 2.92. The van der Waals surface area contributed by atoms with Crippen molar-refractivity contribution in [1.82, 2.24) is 9.34 Å². The Bertz CT molecular complexity index is 222. The summed E-state index contributed by atoms with van der Waals surface area (Å²) >= 11 is 0. The number of rotatable bonds is 5. The van der Waals surface area contributed by atoms with Gasteiger partial charge in [-0.25, -0.2) is 9.34 Å². The van der Waals surface area contributed by atoms with E-state index in [9.17, 15) is 4.57 Å². The van der Waals surface area contributed by atoms with E-state index in [4.69, 9.17) is 4.74 Å². The highest BCUT2D eigenvalue weighted by atomic mass is 31.2. The third-order valence-electron chi connectivity index (χ3n) is 2.90. The molecule has 0 unspecified atom stereocenters. The Hall–Kier alpha value is 0.110. The Balaban J connectivity index is 2.85. The van der Waals surface area contributed by atoms with Crippen LogP contribution in [-0.4, -0.2) is 48.5 Å². The van der Waals surface area contributed by atoms with Gasteiger partial charge in [-0.2, -0.15) is 0 Å². The highest BCUT2D eigenvalue weighted by Crippen LogP contribution is 2.62. The van der Waals surface area contributed by atoms with E-state index in [0.717, 1.165) is 13.1 Å². The van der Waals surface area contributed by atoms with Crippen molar-refractivity contribution in [2.75, 3.05) is 27.2 Å². The minimum Gasteiger partial charge on any atom is -0.359 e. The molecule has 4 nitrogen and oxygen atoms in total. The summed E-state index contributed by atoms with van der Waals surface area (Å²) in [5.41, 5.74) is 0. The monoisotopic (exact) mass is 220 g/mol. The van der Waals surface area contributed by atoms with Gasteiger partial charge in [0.2, 0.25) is 7.44 Å². The molecule has 0 saturated carbocycles. The first-order valence-electron chi connectivity index (χ1n) is 5.16. The van der Waals surface area contributed by atoms with Crippen LogP contribution >= 0.6 is 7.44 Å². The third-order valence-corrected chi connectivity index (χ3v) is 6.63. The lowest BCUT2D eigenvalue weighted by molar-refractivity contribution is 0.359. The smallest absolute Gasteiger partial charge is 0.246 e. The molecule has 0 aromatic carbocycles. The van der Waals surface area contributed by atoms with Crippen molar-refractivity contribution in [3.63, 3.8) is 0 Å². The summed E-state index contributed by atoms with van der Waals surface area (Å²) in [5, 5.41) is 0. The number of epoxide rings is 1. The summed E-state index contributed by atoms with van der Waals surface area (Å²) in [6.45, 7) is 7.58. The lowest BCUT2D eigenvalue weighted by Crippen LogP contribution is -2.29. The maximum Gasteiger partial charge on any atom is 0.246 e. The van der Waals surface area contributed by atoms with Crippen LogP contribution in [0.15, 0.2) is 0 Å². The minimum atomic E-state index is -2.47. The molecule has 0 aliphatic carbocycles. The van der Waals surface area contributed by atoms with Gasteiger partial charge < -0.3 is 4.74 Å². The van der Waals surface area contributed by atoms with E-state index in [0.29, 0.717) is 0 Å². The number of hydrogen-bond donors (Lipinski definition) is 0. The van der Waals surface area contributed by atoms with Gasteiger partial charge in [0.25, 0.3) is 0 Å². The number of nitrogens with zero attached hydrogens (tertiary/aromatic N) is 2. The van der Waals surface area contributed by atoms with Gasteiger partial charge in [-0.05, 0) is 21.0 Å². The summed E-state index contributed by atoms with van der Waals surface area (Å²) in [6, 6.07) is 0. The molecule has 0 aromatic rings. The van der Waals surface area contributed by atoms with Crippen LogP contribution in [0.2, 0.25) is 0 Å². The molecule has 1 fully saturated rings. The second-order valence-corrected chi connectivity index (χ2v) is 6.82. The molecule has 0 bridgehead atoms. The molecule has 2 atom stereocenters. The van der Waals surface area contributed by atoms with Gasteiger partial charge in [0.15, 0.2) is 5.85 Å². The Morgan fingerprint density at radius 3 is 1.79 bits per heavy atom. The Morgan fingerprint density at radius 1 is 1.21 bits per heavy atom. The zero-order valence-electron chi connectivity index (χ0n) is 9.73. The fourth-order valence-electron chi connectivity index (χ4n) is 1.58. The molecule has 0 aromatic heterocycles. The van der Waals surface area contributed by atoms with Crippen molar-refractivity contribution < 1.29 is 9.30 Å². The standard InChI is InChI=1S/C9H21N2O2P/c1-6-10(4)14(12,11(5)7-2)9-8(3)13-9/h8-9H,6-7H2,1-5H3/t8-,9+/m1/s1. The van der Waals surface area contributed by atoms with E-state index in [1.54, 1.807) is 0 Å². The molecule has 84 valence electrons. The maximum absolute atomic E-state index is 12.8. The van der Waals surface area contributed by atoms with Gasteiger partial charge >= 0.3 is 0 Å². The van der Waals surface area contributed by atoms with Crippen LogP contribution in [0, 0.1) is 0 Å². The zero-order chi connectivity index (χ0) is 10.9. The molecule has 14 heavy (non-hydrogen) atoms. The first-order valence-corrected chi connectivity index (χ1v) is 6.85. The zero-order valence-corrected chi connectivity index (χ0v) is 10.6. The van der Waals surface area contributed by atoms with E-state index >= 15 is 0 Å². The van der Waals surface area contributed by atoms with Crippen molar-refractivity contribution in [3.8, 4) is 0 Å². The number of ether oxygens (including phenoxy) is 1. The summed E-state index contributed by atoms with van der Waals surface area (Å²) in [6.07, 6.45) is 0.142. The summed E-state index contributed by atoms with van der Waals surface area (Å²) in [4.78, 5) is 0. The lowest BCUT2D eigenvalue weighted by atomic mass is 10.6. The SMILES string of the molecule is CCN(C)P(=O)([C@@H]1O[C@@H]1C)N(C)CC. The summed E-state index contributed by atoms with van der Waals surface area (Å²) in [7, 11) is 1.33. The van der Waals surface area contributed by atoms with Crippen molar-refractivity contribution >= 4 is 7.44 Å². The van der Waals surface area contributed by atoms with Gasteiger partial charge in [0.05, 0.1) is 6.10 Å². The van der Waals surface area contributed by atoms with E-state index in [-0.39, 0.29) is 11.9 Å². The van der Waals surface area contributed by atoms with Crippen LogP contribution in [0.25, 0.3) is 0 Å². The van der Waals surface area contributed by atoms with Crippen molar-refractivity contribution in [1.29, 1.82) is 0 Å². The van der Waals surface area contributed by atoms with E-state index < -0.39 is 7.44 Å².